The largest absolute Gasteiger partial charge is 0.508 e. The fourth-order valence-corrected chi connectivity index (χ4v) is 1.44. The average Bonchev–Trinajstić information content (AvgIpc) is 2.28. The molecule has 92 valence electrons. The highest BCUT2D eigenvalue weighted by molar-refractivity contribution is 6.29. The number of phenols is 2. The van der Waals surface area contributed by atoms with Crippen LogP contribution in [0.5, 0.6) is 11.5 Å². The number of nitrogens with zero attached hydrogens (tertiary/aromatic N) is 2. The van der Waals surface area contributed by atoms with Gasteiger partial charge in [0.2, 0.25) is 0 Å². The van der Waals surface area contributed by atoms with Crippen LogP contribution < -0.4 is 5.32 Å². The third-order valence-corrected chi connectivity index (χ3v) is 2.31. The first-order valence-corrected chi connectivity index (χ1v) is 5.25. The van der Waals surface area contributed by atoms with E-state index in [1.54, 1.807) is 0 Å². The molecule has 0 bridgehead atoms. The van der Waals surface area contributed by atoms with E-state index in [4.69, 9.17) is 16.7 Å². The summed E-state index contributed by atoms with van der Waals surface area (Å²) in [4.78, 5) is 19.3. The van der Waals surface area contributed by atoms with E-state index in [-0.39, 0.29) is 28.0 Å². The first-order chi connectivity index (χ1) is 8.56. The molecule has 0 spiro atoms. The minimum atomic E-state index is -0.567. The molecule has 2 rings (SSSR count). The quantitative estimate of drug-likeness (QED) is 0.720. The zero-order valence-electron chi connectivity index (χ0n) is 8.96. The van der Waals surface area contributed by atoms with Crippen molar-refractivity contribution in [1.29, 1.82) is 0 Å². The van der Waals surface area contributed by atoms with Crippen molar-refractivity contribution in [2.75, 3.05) is 5.32 Å². The van der Waals surface area contributed by atoms with Gasteiger partial charge >= 0.3 is 0 Å². The second-order valence-corrected chi connectivity index (χ2v) is 3.77. The third kappa shape index (κ3) is 2.67. The van der Waals surface area contributed by atoms with Gasteiger partial charge in [0.1, 0.15) is 28.8 Å². The Morgan fingerprint density at radius 2 is 2.00 bits per heavy atom. The minimum absolute atomic E-state index is 0.0162. The second kappa shape index (κ2) is 4.89. The van der Waals surface area contributed by atoms with Crippen LogP contribution in [0.2, 0.25) is 5.15 Å². The van der Waals surface area contributed by atoms with Crippen molar-refractivity contribution in [1.82, 2.24) is 9.97 Å². The summed E-state index contributed by atoms with van der Waals surface area (Å²) in [7, 11) is 0. The summed E-state index contributed by atoms with van der Waals surface area (Å²) in [5, 5.41) is 21.3. The summed E-state index contributed by atoms with van der Waals surface area (Å²) < 4.78 is 0. The van der Waals surface area contributed by atoms with Gasteiger partial charge in [0, 0.05) is 12.1 Å². The topological polar surface area (TPSA) is 95.3 Å². The maximum absolute atomic E-state index is 11.8. The molecule has 18 heavy (non-hydrogen) atoms. The number of carbonyl (C=O) groups excluding carboxylic acids is 1. The van der Waals surface area contributed by atoms with Crippen molar-refractivity contribution < 1.29 is 15.0 Å². The Morgan fingerprint density at radius 1 is 1.22 bits per heavy atom. The van der Waals surface area contributed by atoms with E-state index in [2.05, 4.69) is 15.3 Å². The van der Waals surface area contributed by atoms with E-state index in [1.165, 1.54) is 24.5 Å². The third-order valence-electron chi connectivity index (χ3n) is 2.10. The van der Waals surface area contributed by atoms with Crippen molar-refractivity contribution in [2.24, 2.45) is 0 Å². The molecule has 0 unspecified atom stereocenters. The lowest BCUT2D eigenvalue weighted by Crippen LogP contribution is -2.13. The van der Waals surface area contributed by atoms with Crippen LogP contribution in [0.3, 0.4) is 0 Å². The van der Waals surface area contributed by atoms with Crippen LogP contribution in [-0.4, -0.2) is 26.1 Å². The van der Waals surface area contributed by atoms with Crippen molar-refractivity contribution in [3.05, 3.63) is 41.3 Å². The van der Waals surface area contributed by atoms with Crippen LogP contribution in [0.25, 0.3) is 0 Å². The van der Waals surface area contributed by atoms with Crippen molar-refractivity contribution in [2.45, 2.75) is 0 Å². The lowest BCUT2D eigenvalue weighted by molar-refractivity contribution is 0.102. The molecule has 0 saturated carbocycles. The maximum atomic E-state index is 11.8. The molecular weight excluding hydrogens is 258 g/mol. The van der Waals surface area contributed by atoms with E-state index in [0.717, 1.165) is 6.07 Å². The number of halogens is 1. The van der Waals surface area contributed by atoms with Gasteiger partial charge in [-0.05, 0) is 12.1 Å². The predicted molar refractivity (Wildman–Crippen MR) is 64.8 cm³/mol. The zero-order valence-corrected chi connectivity index (χ0v) is 9.72. The number of hydrogen-bond donors (Lipinski definition) is 3. The Hall–Kier alpha value is -2.34. The summed E-state index contributed by atoms with van der Waals surface area (Å²) in [6, 6.07) is 5.03. The summed E-state index contributed by atoms with van der Waals surface area (Å²) >= 11 is 5.64. The number of hydrogen-bond acceptors (Lipinski definition) is 5. The summed E-state index contributed by atoms with van der Waals surface area (Å²) in [6.45, 7) is 0. The number of nitrogens with one attached hydrogen (secondary N) is 1. The molecule has 0 aliphatic carbocycles. The summed E-state index contributed by atoms with van der Waals surface area (Å²) in [5.74, 6) is -0.809. The molecule has 0 saturated heterocycles. The standard InChI is InChI=1S/C11H8ClN3O3/c12-9-4-10(14-5-13-9)15-11(18)7-2-1-6(16)3-8(7)17/h1-5,16-17H,(H,13,14,15,18). The van der Waals surface area contributed by atoms with Gasteiger partial charge in [0.05, 0.1) is 5.56 Å². The Bertz CT molecular complexity index is 604. The maximum Gasteiger partial charge on any atom is 0.260 e. The number of rotatable bonds is 2. The van der Waals surface area contributed by atoms with E-state index in [0.29, 0.717) is 0 Å². The molecule has 0 atom stereocenters. The number of anilines is 1. The number of benzene rings is 1. The molecule has 1 heterocycles. The van der Waals surface area contributed by atoms with Gasteiger partial charge in [-0.25, -0.2) is 9.97 Å². The van der Waals surface area contributed by atoms with Gasteiger partial charge in [-0.2, -0.15) is 0 Å². The highest BCUT2D eigenvalue weighted by Crippen LogP contribution is 2.23. The molecule has 1 aromatic heterocycles. The molecule has 1 amide bonds. The summed E-state index contributed by atoms with van der Waals surface area (Å²) in [6.07, 6.45) is 1.20. The lowest BCUT2D eigenvalue weighted by Gasteiger charge is -2.06. The monoisotopic (exact) mass is 265 g/mol. The first-order valence-electron chi connectivity index (χ1n) is 4.87. The van der Waals surface area contributed by atoms with Gasteiger partial charge in [0.25, 0.3) is 5.91 Å². The molecule has 6 nitrogen and oxygen atoms in total. The average molecular weight is 266 g/mol. The Balaban J connectivity index is 2.22. The highest BCUT2D eigenvalue weighted by atomic mass is 35.5. The van der Waals surface area contributed by atoms with Crippen molar-refractivity contribution in [3.8, 4) is 11.5 Å². The van der Waals surface area contributed by atoms with E-state index in [1.807, 2.05) is 0 Å². The van der Waals surface area contributed by atoms with Crippen LogP contribution >= 0.6 is 11.6 Å². The van der Waals surface area contributed by atoms with Crippen LogP contribution in [0.4, 0.5) is 5.82 Å². The van der Waals surface area contributed by atoms with Gasteiger partial charge in [0.15, 0.2) is 0 Å². The molecule has 0 fully saturated rings. The zero-order chi connectivity index (χ0) is 13.1. The number of phenolic OH excluding ortho intramolecular Hbond substituents is 2. The lowest BCUT2D eigenvalue weighted by atomic mass is 10.2. The first kappa shape index (κ1) is 12.1. The molecular formula is C11H8ClN3O3. The van der Waals surface area contributed by atoms with E-state index < -0.39 is 5.91 Å². The van der Waals surface area contributed by atoms with E-state index >= 15 is 0 Å². The van der Waals surface area contributed by atoms with Gasteiger partial charge in [-0.3, -0.25) is 4.79 Å². The fourth-order valence-electron chi connectivity index (χ4n) is 1.30. The molecule has 0 aliphatic heterocycles. The molecule has 2 aromatic rings. The van der Waals surface area contributed by atoms with Gasteiger partial charge in [-0.15, -0.1) is 0 Å². The molecule has 0 aliphatic rings. The summed E-state index contributed by atoms with van der Waals surface area (Å²) in [5.41, 5.74) is 0.0162. The van der Waals surface area contributed by atoms with Crippen LogP contribution in [-0.2, 0) is 0 Å². The van der Waals surface area contributed by atoms with E-state index in [9.17, 15) is 9.90 Å². The molecule has 3 N–H and O–H groups in total. The fraction of sp³-hybridized carbons (Fsp3) is 0. The Kier molecular flexibility index (Phi) is 3.29. The van der Waals surface area contributed by atoms with Crippen molar-refractivity contribution >= 4 is 23.3 Å². The van der Waals surface area contributed by atoms with Gasteiger partial charge in [-0.1, -0.05) is 11.6 Å². The normalized spacial score (nSPS) is 10.1. The molecule has 1 aromatic carbocycles. The van der Waals surface area contributed by atoms with Crippen LogP contribution in [0.1, 0.15) is 10.4 Å². The number of aromatic hydroxyl groups is 2. The van der Waals surface area contributed by atoms with Crippen LogP contribution in [0, 0.1) is 0 Å². The molecule has 7 heteroatoms. The van der Waals surface area contributed by atoms with Gasteiger partial charge < -0.3 is 15.5 Å². The highest BCUT2D eigenvalue weighted by Gasteiger charge is 2.12. The number of aromatic nitrogens is 2. The van der Waals surface area contributed by atoms with Crippen LogP contribution in [0.15, 0.2) is 30.6 Å². The smallest absolute Gasteiger partial charge is 0.260 e. The Labute approximate surface area is 107 Å². The predicted octanol–water partition coefficient (Wildman–Crippen LogP) is 1.79. The Morgan fingerprint density at radius 3 is 2.67 bits per heavy atom. The SMILES string of the molecule is O=C(Nc1cc(Cl)ncn1)c1ccc(O)cc1O. The second-order valence-electron chi connectivity index (χ2n) is 3.38. The molecule has 0 radical (unpaired) electrons. The van der Waals surface area contributed by atoms with Crippen molar-refractivity contribution in [3.63, 3.8) is 0 Å². The number of amides is 1. The minimum Gasteiger partial charge on any atom is -0.508 e. The number of carbonyl (C=O) groups is 1.